The van der Waals surface area contributed by atoms with Crippen LogP contribution in [0.5, 0.6) is 0 Å². The quantitative estimate of drug-likeness (QED) is 0.643. The number of nitrogens with one attached hydrogen (secondary N) is 2. The number of hydrogen-bond donors (Lipinski definition) is 2. The molecule has 1 saturated carbocycles. The topological polar surface area (TPSA) is 84.0 Å². The van der Waals surface area contributed by atoms with E-state index in [-0.39, 0.29) is 29.2 Å². The van der Waals surface area contributed by atoms with Crippen molar-refractivity contribution in [2.24, 2.45) is 0 Å². The molecular formula is C28H40N4O2. The van der Waals surface area contributed by atoms with Crippen LogP contribution in [0.2, 0.25) is 0 Å². The first kappa shape index (κ1) is 25.9. The van der Waals surface area contributed by atoms with Crippen LogP contribution >= 0.6 is 0 Å². The minimum Gasteiger partial charge on any atom is -0.348 e. The molecule has 1 aliphatic carbocycles. The Labute approximate surface area is 204 Å². The summed E-state index contributed by atoms with van der Waals surface area (Å²) in [6, 6.07) is 6.14. The molecule has 0 radical (unpaired) electrons. The third-order valence-corrected chi connectivity index (χ3v) is 6.69. The highest BCUT2D eigenvalue weighted by molar-refractivity contribution is 5.99. The van der Waals surface area contributed by atoms with E-state index in [1.54, 1.807) is 12.4 Å². The maximum absolute atomic E-state index is 13.6. The summed E-state index contributed by atoms with van der Waals surface area (Å²) in [5.41, 5.74) is 3.28. The van der Waals surface area contributed by atoms with Crippen LogP contribution in [0.3, 0.4) is 0 Å². The van der Waals surface area contributed by atoms with Crippen LogP contribution < -0.4 is 10.6 Å². The van der Waals surface area contributed by atoms with E-state index in [1.807, 2.05) is 19.1 Å². The van der Waals surface area contributed by atoms with Gasteiger partial charge in [-0.25, -0.2) is 0 Å². The molecule has 0 spiro atoms. The van der Waals surface area contributed by atoms with Gasteiger partial charge in [0, 0.05) is 11.8 Å². The largest absolute Gasteiger partial charge is 0.348 e. The smallest absolute Gasteiger partial charge is 0.252 e. The Morgan fingerprint density at radius 1 is 0.882 bits per heavy atom. The third kappa shape index (κ3) is 6.22. The fourth-order valence-corrected chi connectivity index (χ4v) is 4.33. The summed E-state index contributed by atoms with van der Waals surface area (Å²) in [6.07, 6.45) is 7.52. The highest BCUT2D eigenvalue weighted by Gasteiger charge is 2.41. The molecule has 1 aliphatic rings. The van der Waals surface area contributed by atoms with E-state index >= 15 is 0 Å². The van der Waals surface area contributed by atoms with Crippen molar-refractivity contribution in [2.45, 2.75) is 103 Å². The van der Waals surface area contributed by atoms with Crippen molar-refractivity contribution in [3.8, 4) is 0 Å². The van der Waals surface area contributed by atoms with Gasteiger partial charge in [-0.3, -0.25) is 19.6 Å². The maximum atomic E-state index is 13.6. The van der Waals surface area contributed by atoms with Crippen LogP contribution in [0, 0.1) is 6.92 Å². The standard InChI is InChI=1S/C28H40N4O2/c1-19-16-30-23(17-29-19)18-31-25(34)28(11-9-8-10-12-28)32-24(33)20-13-21(26(2,3)4)15-22(14-20)27(5,6)7/h13-17H,8-12,18H2,1-7H3,(H,31,34)(H,32,33). The van der Waals surface area contributed by atoms with Crippen molar-refractivity contribution < 1.29 is 9.59 Å². The van der Waals surface area contributed by atoms with Crippen molar-refractivity contribution in [3.63, 3.8) is 0 Å². The average molecular weight is 465 g/mol. The molecule has 0 unspecified atom stereocenters. The second-order valence-corrected chi connectivity index (χ2v) is 11.7. The molecule has 0 bridgehead atoms. The van der Waals surface area contributed by atoms with Crippen molar-refractivity contribution in [3.05, 3.63) is 58.7 Å². The molecule has 6 heteroatoms. The maximum Gasteiger partial charge on any atom is 0.252 e. The van der Waals surface area contributed by atoms with Crippen LogP contribution in [-0.2, 0) is 22.2 Å². The van der Waals surface area contributed by atoms with E-state index in [0.29, 0.717) is 24.1 Å². The number of carbonyl (C=O) groups is 2. The molecular weight excluding hydrogens is 424 g/mol. The average Bonchev–Trinajstić information content (AvgIpc) is 2.77. The first-order valence-corrected chi connectivity index (χ1v) is 12.3. The first-order valence-electron chi connectivity index (χ1n) is 12.3. The Bertz CT molecular complexity index is 992. The normalized spacial score (nSPS) is 16.1. The zero-order valence-corrected chi connectivity index (χ0v) is 21.8. The summed E-state index contributed by atoms with van der Waals surface area (Å²) in [6.45, 7) is 15.1. The lowest BCUT2D eigenvalue weighted by Gasteiger charge is -2.37. The summed E-state index contributed by atoms with van der Waals surface area (Å²) in [5.74, 6) is -0.338. The van der Waals surface area contributed by atoms with Gasteiger partial charge in [-0.15, -0.1) is 0 Å². The van der Waals surface area contributed by atoms with Crippen molar-refractivity contribution in [1.82, 2.24) is 20.6 Å². The number of benzene rings is 1. The summed E-state index contributed by atoms with van der Waals surface area (Å²) in [4.78, 5) is 35.6. The monoisotopic (exact) mass is 464 g/mol. The SMILES string of the molecule is Cc1cnc(CNC(=O)C2(NC(=O)c3cc(C(C)(C)C)cc(C(C)(C)C)c3)CCCCC2)cn1. The van der Waals surface area contributed by atoms with Crippen molar-refractivity contribution >= 4 is 11.8 Å². The first-order chi connectivity index (χ1) is 15.8. The van der Waals surface area contributed by atoms with E-state index in [1.165, 1.54) is 0 Å². The summed E-state index contributed by atoms with van der Waals surface area (Å²) in [7, 11) is 0. The molecule has 6 nitrogen and oxygen atoms in total. The Balaban J connectivity index is 1.86. The molecule has 2 amide bonds. The number of aromatic nitrogens is 2. The molecule has 1 aromatic heterocycles. The van der Waals surface area contributed by atoms with Crippen LogP contribution in [-0.4, -0.2) is 27.3 Å². The Hall–Kier alpha value is -2.76. The van der Waals surface area contributed by atoms with Gasteiger partial charge in [0.05, 0.1) is 24.1 Å². The molecule has 1 heterocycles. The molecule has 3 rings (SSSR count). The molecule has 1 aromatic carbocycles. The van der Waals surface area contributed by atoms with Crippen molar-refractivity contribution in [1.29, 1.82) is 0 Å². The number of hydrogen-bond acceptors (Lipinski definition) is 4. The zero-order chi connectivity index (χ0) is 25.1. The number of rotatable bonds is 5. The van der Waals surface area contributed by atoms with Crippen LogP contribution in [0.1, 0.15) is 107 Å². The van der Waals surface area contributed by atoms with E-state index in [2.05, 4.69) is 68.2 Å². The highest BCUT2D eigenvalue weighted by atomic mass is 16.2. The second-order valence-electron chi connectivity index (χ2n) is 11.7. The number of aryl methyl sites for hydroxylation is 1. The summed E-state index contributed by atoms with van der Waals surface area (Å²) in [5, 5.41) is 6.17. The third-order valence-electron chi connectivity index (χ3n) is 6.69. The fourth-order valence-electron chi connectivity index (χ4n) is 4.33. The Morgan fingerprint density at radius 3 is 1.97 bits per heavy atom. The van der Waals surface area contributed by atoms with Crippen LogP contribution in [0.15, 0.2) is 30.6 Å². The van der Waals surface area contributed by atoms with Crippen LogP contribution in [0.25, 0.3) is 0 Å². The van der Waals surface area contributed by atoms with Gasteiger partial charge in [-0.1, -0.05) is 66.9 Å². The number of amides is 2. The minimum absolute atomic E-state index is 0.0920. The Morgan fingerprint density at radius 2 is 1.47 bits per heavy atom. The molecule has 2 aromatic rings. The lowest BCUT2D eigenvalue weighted by atomic mass is 9.78. The molecule has 2 N–H and O–H groups in total. The molecule has 184 valence electrons. The predicted octanol–water partition coefficient (Wildman–Crippen LogP) is 5.13. The van der Waals surface area contributed by atoms with Gasteiger partial charge in [-0.2, -0.15) is 0 Å². The van der Waals surface area contributed by atoms with Gasteiger partial charge in [0.1, 0.15) is 5.54 Å². The Kier molecular flexibility index (Phi) is 7.49. The van der Waals surface area contributed by atoms with Gasteiger partial charge < -0.3 is 10.6 Å². The van der Waals surface area contributed by atoms with Gasteiger partial charge in [0.25, 0.3) is 5.91 Å². The second kappa shape index (κ2) is 9.85. The van der Waals surface area contributed by atoms with Crippen LogP contribution in [0.4, 0.5) is 0 Å². The lowest BCUT2D eigenvalue weighted by molar-refractivity contribution is -0.128. The molecule has 1 fully saturated rings. The highest BCUT2D eigenvalue weighted by Crippen LogP contribution is 2.32. The molecule has 34 heavy (non-hydrogen) atoms. The number of carbonyl (C=O) groups excluding carboxylic acids is 2. The predicted molar refractivity (Wildman–Crippen MR) is 136 cm³/mol. The van der Waals surface area contributed by atoms with Gasteiger partial charge >= 0.3 is 0 Å². The van der Waals surface area contributed by atoms with E-state index in [9.17, 15) is 9.59 Å². The van der Waals surface area contributed by atoms with Gasteiger partial charge in [0.15, 0.2) is 0 Å². The summed E-state index contributed by atoms with van der Waals surface area (Å²) < 4.78 is 0. The van der Waals surface area contributed by atoms with Gasteiger partial charge in [-0.05, 0) is 53.9 Å². The van der Waals surface area contributed by atoms with Gasteiger partial charge in [0.2, 0.25) is 5.91 Å². The summed E-state index contributed by atoms with van der Waals surface area (Å²) >= 11 is 0. The lowest BCUT2D eigenvalue weighted by Crippen LogP contribution is -2.59. The molecule has 0 aliphatic heterocycles. The molecule has 0 atom stereocenters. The van der Waals surface area contributed by atoms with E-state index in [0.717, 1.165) is 36.1 Å². The van der Waals surface area contributed by atoms with E-state index in [4.69, 9.17) is 0 Å². The van der Waals surface area contributed by atoms with E-state index < -0.39 is 5.54 Å². The molecule has 0 saturated heterocycles. The zero-order valence-electron chi connectivity index (χ0n) is 21.8. The van der Waals surface area contributed by atoms with Crippen molar-refractivity contribution in [2.75, 3.05) is 0 Å². The minimum atomic E-state index is -0.910. The fraction of sp³-hybridized carbons (Fsp3) is 0.571. The number of nitrogens with zero attached hydrogens (tertiary/aromatic N) is 2.